The van der Waals surface area contributed by atoms with Gasteiger partial charge in [0.2, 0.25) is 0 Å². The number of benzene rings is 1. The van der Waals surface area contributed by atoms with Crippen molar-refractivity contribution in [2.75, 3.05) is 38.5 Å². The molecule has 0 radical (unpaired) electrons. The fraction of sp³-hybridized carbons (Fsp3) is 0.700. The van der Waals surface area contributed by atoms with E-state index < -0.39 is 9.84 Å². The van der Waals surface area contributed by atoms with E-state index in [1.54, 1.807) is 24.3 Å². The molecule has 3 aliphatic heterocycles. The van der Waals surface area contributed by atoms with Gasteiger partial charge < -0.3 is 4.90 Å². The molecule has 2 bridgehead atoms. The summed E-state index contributed by atoms with van der Waals surface area (Å²) in [7, 11) is -3.17. The van der Waals surface area contributed by atoms with Crippen molar-refractivity contribution < 1.29 is 8.42 Å². The fourth-order valence-corrected chi connectivity index (χ4v) is 5.99. The minimum Gasteiger partial charge on any atom is -0.300 e. The monoisotopic (exact) mass is 362 g/mol. The van der Waals surface area contributed by atoms with Crippen LogP contribution in [0.2, 0.25) is 0 Å². The highest BCUT2D eigenvalue weighted by atomic mass is 32.2. The summed E-state index contributed by atoms with van der Waals surface area (Å²) in [5.74, 6) is 1.88. The van der Waals surface area contributed by atoms with Crippen molar-refractivity contribution in [3.05, 3.63) is 30.3 Å². The van der Waals surface area contributed by atoms with Gasteiger partial charge in [0, 0.05) is 38.8 Å². The maximum absolute atomic E-state index is 12.6. The molecule has 25 heavy (non-hydrogen) atoms. The molecular formula is C20H30N2O2S. The summed E-state index contributed by atoms with van der Waals surface area (Å²) in [5, 5.41) is 0. The second-order valence-corrected chi connectivity index (χ2v) is 10.3. The zero-order chi connectivity index (χ0) is 17.3. The van der Waals surface area contributed by atoms with Crippen LogP contribution in [0, 0.1) is 11.8 Å². The number of piperidine rings is 1. The molecule has 1 saturated carbocycles. The molecule has 4 nitrogen and oxygen atoms in total. The smallest absolute Gasteiger partial charge is 0.179 e. The second kappa shape index (κ2) is 7.37. The molecule has 4 fully saturated rings. The minimum atomic E-state index is -3.17. The molecule has 1 aromatic carbocycles. The first-order valence-corrected chi connectivity index (χ1v) is 11.5. The molecule has 0 unspecified atom stereocenters. The van der Waals surface area contributed by atoms with Gasteiger partial charge in [0.25, 0.3) is 0 Å². The maximum atomic E-state index is 12.6. The molecule has 0 aromatic heterocycles. The Morgan fingerprint density at radius 1 is 0.960 bits per heavy atom. The van der Waals surface area contributed by atoms with E-state index in [9.17, 15) is 8.42 Å². The first-order valence-electron chi connectivity index (χ1n) is 9.84. The summed E-state index contributed by atoms with van der Waals surface area (Å²) in [6.07, 6.45) is 6.84. The minimum absolute atomic E-state index is 0.235. The Morgan fingerprint density at radius 2 is 1.76 bits per heavy atom. The van der Waals surface area contributed by atoms with E-state index >= 15 is 0 Å². The molecule has 4 aliphatic rings. The summed E-state index contributed by atoms with van der Waals surface area (Å²) >= 11 is 0. The average molecular weight is 363 g/mol. The molecular weight excluding hydrogens is 332 g/mol. The SMILES string of the molecule is O=S(=O)(CCN1C[C@H]2CC[C@@H](C1)N(CC1CCC1)C2)c1ccccc1. The normalized spacial score (nSPS) is 28.6. The van der Waals surface area contributed by atoms with E-state index in [1.807, 2.05) is 6.07 Å². The zero-order valence-electron chi connectivity index (χ0n) is 15.0. The fourth-order valence-electron chi connectivity index (χ4n) is 4.68. The number of fused-ring (bicyclic) bond motifs is 4. The van der Waals surface area contributed by atoms with Crippen molar-refractivity contribution in [2.45, 2.75) is 43.0 Å². The van der Waals surface area contributed by atoms with Gasteiger partial charge in [-0.1, -0.05) is 24.6 Å². The highest BCUT2D eigenvalue weighted by molar-refractivity contribution is 7.91. The molecule has 1 aromatic rings. The average Bonchev–Trinajstić information content (AvgIpc) is 2.88. The molecule has 0 N–H and O–H groups in total. The summed E-state index contributed by atoms with van der Waals surface area (Å²) in [5.41, 5.74) is 0. The zero-order valence-corrected chi connectivity index (χ0v) is 15.8. The Bertz CT molecular complexity index is 672. The van der Waals surface area contributed by atoms with Gasteiger partial charge in [0.1, 0.15) is 0 Å². The highest BCUT2D eigenvalue weighted by Gasteiger charge is 2.36. The van der Waals surface area contributed by atoms with Gasteiger partial charge in [0.15, 0.2) is 9.84 Å². The van der Waals surface area contributed by atoms with Crippen LogP contribution in [-0.4, -0.2) is 62.7 Å². The van der Waals surface area contributed by atoms with Crippen molar-refractivity contribution in [3.8, 4) is 0 Å². The molecule has 1 aliphatic carbocycles. The van der Waals surface area contributed by atoms with Gasteiger partial charge >= 0.3 is 0 Å². The Balaban J connectivity index is 1.36. The van der Waals surface area contributed by atoms with Crippen LogP contribution in [-0.2, 0) is 9.84 Å². The summed E-state index contributed by atoms with van der Waals surface area (Å²) < 4.78 is 25.1. The predicted octanol–water partition coefficient (Wildman–Crippen LogP) is 2.66. The van der Waals surface area contributed by atoms with Gasteiger partial charge in [0.05, 0.1) is 10.6 Å². The van der Waals surface area contributed by atoms with Crippen LogP contribution in [0.1, 0.15) is 32.1 Å². The molecule has 0 amide bonds. The van der Waals surface area contributed by atoms with Gasteiger partial charge in [-0.05, 0) is 49.7 Å². The van der Waals surface area contributed by atoms with Crippen LogP contribution < -0.4 is 0 Å². The van der Waals surface area contributed by atoms with Crippen molar-refractivity contribution in [2.24, 2.45) is 11.8 Å². The lowest BCUT2D eigenvalue weighted by atomic mass is 9.83. The first kappa shape index (κ1) is 17.5. The standard InChI is InChI=1S/C20H30N2O2S/c23-25(24,20-7-2-1-3-8-20)12-11-21-13-18-9-10-19(16-21)22(15-18)14-17-5-4-6-17/h1-3,7-8,17-19H,4-6,9-16H2/t18-,19+/m1/s1. The van der Waals surface area contributed by atoms with Crippen LogP contribution >= 0.6 is 0 Å². The Morgan fingerprint density at radius 3 is 2.48 bits per heavy atom. The van der Waals surface area contributed by atoms with Crippen LogP contribution in [0.15, 0.2) is 35.2 Å². The lowest BCUT2D eigenvalue weighted by Crippen LogP contribution is -2.47. The lowest BCUT2D eigenvalue weighted by Gasteiger charge is -2.40. The van der Waals surface area contributed by atoms with Crippen LogP contribution in [0.25, 0.3) is 0 Å². The number of sulfone groups is 1. The molecule has 0 spiro atoms. The number of hydrogen-bond donors (Lipinski definition) is 0. The van der Waals surface area contributed by atoms with Gasteiger partial charge in [-0.2, -0.15) is 0 Å². The van der Waals surface area contributed by atoms with E-state index in [-0.39, 0.29) is 5.75 Å². The molecule has 3 heterocycles. The lowest BCUT2D eigenvalue weighted by molar-refractivity contribution is 0.0894. The van der Waals surface area contributed by atoms with E-state index in [0.29, 0.717) is 17.5 Å². The third-order valence-electron chi connectivity index (χ3n) is 6.40. The van der Waals surface area contributed by atoms with Gasteiger partial charge in [-0.25, -0.2) is 8.42 Å². The van der Waals surface area contributed by atoms with Crippen LogP contribution in [0.5, 0.6) is 0 Å². The van der Waals surface area contributed by atoms with E-state index in [2.05, 4.69) is 9.80 Å². The van der Waals surface area contributed by atoms with Gasteiger partial charge in [-0.15, -0.1) is 0 Å². The van der Waals surface area contributed by atoms with Crippen molar-refractivity contribution in [3.63, 3.8) is 0 Å². The maximum Gasteiger partial charge on any atom is 0.179 e. The quantitative estimate of drug-likeness (QED) is 0.780. The number of nitrogens with zero attached hydrogens (tertiary/aromatic N) is 2. The number of rotatable bonds is 6. The predicted molar refractivity (Wildman–Crippen MR) is 100 cm³/mol. The summed E-state index contributed by atoms with van der Waals surface area (Å²) in [6, 6.07) is 9.53. The Labute approximate surface area is 152 Å². The van der Waals surface area contributed by atoms with Crippen LogP contribution in [0.3, 0.4) is 0 Å². The first-order chi connectivity index (χ1) is 12.1. The third-order valence-corrected chi connectivity index (χ3v) is 8.11. The third kappa shape index (κ3) is 4.09. The summed E-state index contributed by atoms with van der Waals surface area (Å²) in [6.45, 7) is 5.29. The highest BCUT2D eigenvalue weighted by Crippen LogP contribution is 2.33. The van der Waals surface area contributed by atoms with Crippen LogP contribution in [0.4, 0.5) is 0 Å². The van der Waals surface area contributed by atoms with E-state index in [1.165, 1.54) is 45.2 Å². The Hall–Kier alpha value is -0.910. The van der Waals surface area contributed by atoms with Crippen molar-refractivity contribution in [1.82, 2.24) is 9.80 Å². The second-order valence-electron chi connectivity index (χ2n) is 8.24. The van der Waals surface area contributed by atoms with Crippen molar-refractivity contribution in [1.29, 1.82) is 0 Å². The topological polar surface area (TPSA) is 40.6 Å². The van der Waals surface area contributed by atoms with Crippen molar-refractivity contribution >= 4 is 9.84 Å². The molecule has 138 valence electrons. The van der Waals surface area contributed by atoms with E-state index in [4.69, 9.17) is 0 Å². The molecule has 5 rings (SSSR count). The largest absolute Gasteiger partial charge is 0.300 e. The number of hydrogen-bond acceptors (Lipinski definition) is 4. The summed E-state index contributed by atoms with van der Waals surface area (Å²) in [4.78, 5) is 5.60. The molecule has 5 heteroatoms. The molecule has 2 atom stereocenters. The molecule has 3 saturated heterocycles. The van der Waals surface area contributed by atoms with E-state index in [0.717, 1.165) is 24.9 Å². The Kier molecular flexibility index (Phi) is 5.16. The van der Waals surface area contributed by atoms with Gasteiger partial charge in [-0.3, -0.25) is 4.90 Å².